The first kappa shape index (κ1) is 10.4. The average molecular weight is 217 g/mol. The van der Waals surface area contributed by atoms with E-state index in [2.05, 4.69) is 31.7 Å². The van der Waals surface area contributed by atoms with Crippen LogP contribution in [0, 0.1) is 0 Å². The molecule has 2 rings (SSSR count). The highest BCUT2D eigenvalue weighted by Gasteiger charge is 2.23. The van der Waals surface area contributed by atoms with Crippen LogP contribution in [0.25, 0.3) is 5.57 Å². The molecule has 1 atom stereocenters. The molecular formula is C13H15NS. The monoisotopic (exact) mass is 217 g/mol. The first-order chi connectivity index (χ1) is 7.08. The molecule has 0 amide bonds. The van der Waals surface area contributed by atoms with Gasteiger partial charge in [-0.05, 0) is 43.2 Å². The molecule has 0 fully saturated rings. The van der Waals surface area contributed by atoms with E-state index >= 15 is 0 Å². The van der Waals surface area contributed by atoms with Crippen molar-refractivity contribution in [2.45, 2.75) is 24.0 Å². The zero-order valence-corrected chi connectivity index (χ0v) is 9.90. The normalized spacial score (nSPS) is 21.7. The highest BCUT2D eigenvalue weighted by Crippen LogP contribution is 2.45. The van der Waals surface area contributed by atoms with Crippen LogP contribution in [0.5, 0.6) is 0 Å². The Morgan fingerprint density at radius 1 is 1.53 bits per heavy atom. The van der Waals surface area contributed by atoms with Crippen molar-refractivity contribution in [3.63, 3.8) is 0 Å². The Bertz CT molecular complexity index is 446. The third-order valence-corrected chi connectivity index (χ3v) is 3.68. The first-order valence-corrected chi connectivity index (χ1v) is 5.89. The van der Waals surface area contributed by atoms with Crippen molar-refractivity contribution >= 4 is 23.0 Å². The number of fused-ring (bicyclic) bond motifs is 1. The van der Waals surface area contributed by atoms with Gasteiger partial charge in [0, 0.05) is 15.8 Å². The number of thioether (sulfide) groups is 1. The summed E-state index contributed by atoms with van der Waals surface area (Å²) in [5.41, 5.74) is 10.3. The van der Waals surface area contributed by atoms with Gasteiger partial charge in [0.05, 0.1) is 0 Å². The molecule has 1 unspecified atom stereocenters. The molecule has 1 nitrogen and oxygen atoms in total. The van der Waals surface area contributed by atoms with Gasteiger partial charge < -0.3 is 5.73 Å². The van der Waals surface area contributed by atoms with Crippen LogP contribution in [0.15, 0.2) is 41.3 Å². The number of benzene rings is 1. The Labute approximate surface area is 95.1 Å². The molecule has 2 heteroatoms. The van der Waals surface area contributed by atoms with Gasteiger partial charge in [-0.1, -0.05) is 18.2 Å². The van der Waals surface area contributed by atoms with E-state index in [4.69, 9.17) is 5.73 Å². The SMILES string of the molecule is C=C(C)/C=C1/c2cc(N)ccc2SC1C. The second-order valence-electron chi connectivity index (χ2n) is 3.96. The van der Waals surface area contributed by atoms with E-state index in [1.54, 1.807) is 0 Å². The largest absolute Gasteiger partial charge is 0.399 e. The minimum atomic E-state index is 0.499. The number of anilines is 1. The Morgan fingerprint density at radius 3 is 2.93 bits per heavy atom. The van der Waals surface area contributed by atoms with Crippen molar-refractivity contribution in [1.29, 1.82) is 0 Å². The average Bonchev–Trinajstić information content (AvgIpc) is 2.43. The van der Waals surface area contributed by atoms with Crippen molar-refractivity contribution in [3.8, 4) is 0 Å². The van der Waals surface area contributed by atoms with Gasteiger partial charge in [-0.15, -0.1) is 11.8 Å². The van der Waals surface area contributed by atoms with E-state index in [0.717, 1.165) is 11.3 Å². The lowest BCUT2D eigenvalue weighted by atomic mass is 10.0. The second-order valence-corrected chi connectivity index (χ2v) is 5.34. The zero-order valence-electron chi connectivity index (χ0n) is 9.08. The molecule has 0 aliphatic carbocycles. The molecular weight excluding hydrogens is 202 g/mol. The number of hydrogen-bond donors (Lipinski definition) is 1. The number of nitrogens with two attached hydrogens (primary N) is 1. The van der Waals surface area contributed by atoms with Gasteiger partial charge in [0.1, 0.15) is 0 Å². The lowest BCUT2D eigenvalue weighted by molar-refractivity contribution is 1.28. The fraction of sp³-hybridized carbons (Fsp3) is 0.231. The molecule has 1 aromatic rings. The quantitative estimate of drug-likeness (QED) is 0.725. The molecule has 0 bridgehead atoms. The topological polar surface area (TPSA) is 26.0 Å². The molecule has 1 aliphatic rings. The molecule has 1 heterocycles. The van der Waals surface area contributed by atoms with Gasteiger partial charge in [-0.3, -0.25) is 0 Å². The van der Waals surface area contributed by atoms with Crippen LogP contribution in [0.4, 0.5) is 5.69 Å². The zero-order chi connectivity index (χ0) is 11.0. The highest BCUT2D eigenvalue weighted by atomic mass is 32.2. The van der Waals surface area contributed by atoms with Crippen LogP contribution < -0.4 is 5.73 Å². The summed E-state index contributed by atoms with van der Waals surface area (Å²) in [6.45, 7) is 8.17. The Kier molecular flexibility index (Phi) is 2.61. The third-order valence-electron chi connectivity index (χ3n) is 2.46. The summed E-state index contributed by atoms with van der Waals surface area (Å²) in [6.07, 6.45) is 2.16. The van der Waals surface area contributed by atoms with Crippen LogP contribution in [-0.4, -0.2) is 5.25 Å². The molecule has 0 aromatic heterocycles. The van der Waals surface area contributed by atoms with Crippen molar-refractivity contribution in [3.05, 3.63) is 42.0 Å². The van der Waals surface area contributed by atoms with Crippen molar-refractivity contribution < 1.29 is 0 Å². The van der Waals surface area contributed by atoms with Gasteiger partial charge in [-0.25, -0.2) is 0 Å². The molecule has 0 radical (unpaired) electrons. The minimum Gasteiger partial charge on any atom is -0.399 e. The van der Waals surface area contributed by atoms with Gasteiger partial charge in [-0.2, -0.15) is 0 Å². The van der Waals surface area contributed by atoms with Crippen LogP contribution in [0.1, 0.15) is 19.4 Å². The summed E-state index contributed by atoms with van der Waals surface area (Å²) < 4.78 is 0. The maximum Gasteiger partial charge on any atom is 0.0322 e. The molecule has 0 saturated carbocycles. The fourth-order valence-corrected chi connectivity index (χ4v) is 2.96. The van der Waals surface area contributed by atoms with Crippen LogP contribution in [-0.2, 0) is 0 Å². The van der Waals surface area contributed by atoms with E-state index in [1.165, 1.54) is 16.0 Å². The van der Waals surface area contributed by atoms with E-state index in [0.29, 0.717) is 5.25 Å². The molecule has 78 valence electrons. The molecule has 0 saturated heterocycles. The summed E-state index contributed by atoms with van der Waals surface area (Å²) in [5.74, 6) is 0. The minimum absolute atomic E-state index is 0.499. The van der Waals surface area contributed by atoms with Gasteiger partial charge >= 0.3 is 0 Å². The smallest absolute Gasteiger partial charge is 0.0322 e. The number of hydrogen-bond acceptors (Lipinski definition) is 2. The standard InChI is InChI=1S/C13H15NS/c1-8(2)6-11-9(3)15-13-5-4-10(14)7-12(11)13/h4-7,9H,1,14H2,2-3H3/b11-6+. The Balaban J connectivity index is 2.53. The maximum atomic E-state index is 5.81. The Morgan fingerprint density at radius 2 is 2.27 bits per heavy atom. The van der Waals surface area contributed by atoms with E-state index in [-0.39, 0.29) is 0 Å². The number of nitrogen functional groups attached to an aromatic ring is 1. The molecule has 15 heavy (non-hydrogen) atoms. The predicted octanol–water partition coefficient (Wildman–Crippen LogP) is 3.72. The molecule has 2 N–H and O–H groups in total. The highest BCUT2D eigenvalue weighted by molar-refractivity contribution is 8.00. The van der Waals surface area contributed by atoms with Gasteiger partial charge in [0.25, 0.3) is 0 Å². The Hall–Kier alpha value is -1.15. The van der Waals surface area contributed by atoms with Crippen molar-refractivity contribution in [1.82, 2.24) is 0 Å². The summed E-state index contributed by atoms with van der Waals surface area (Å²) in [7, 11) is 0. The fourth-order valence-electron chi connectivity index (χ4n) is 1.81. The lowest BCUT2D eigenvalue weighted by Gasteiger charge is -2.05. The summed E-state index contributed by atoms with van der Waals surface area (Å²) >= 11 is 1.88. The molecule has 0 spiro atoms. The number of allylic oxidation sites excluding steroid dienone is 2. The van der Waals surface area contributed by atoms with Gasteiger partial charge in [0.15, 0.2) is 0 Å². The lowest BCUT2D eigenvalue weighted by Crippen LogP contribution is -1.93. The van der Waals surface area contributed by atoms with E-state index in [1.807, 2.05) is 24.8 Å². The van der Waals surface area contributed by atoms with Crippen molar-refractivity contribution in [2.24, 2.45) is 0 Å². The molecule has 1 aliphatic heterocycles. The van der Waals surface area contributed by atoms with Crippen LogP contribution in [0.2, 0.25) is 0 Å². The first-order valence-electron chi connectivity index (χ1n) is 5.01. The van der Waals surface area contributed by atoms with Gasteiger partial charge in [0.2, 0.25) is 0 Å². The maximum absolute atomic E-state index is 5.81. The number of rotatable bonds is 1. The van der Waals surface area contributed by atoms with E-state index in [9.17, 15) is 0 Å². The molecule has 1 aromatic carbocycles. The van der Waals surface area contributed by atoms with Crippen LogP contribution in [0.3, 0.4) is 0 Å². The summed E-state index contributed by atoms with van der Waals surface area (Å²) in [5, 5.41) is 0.499. The third kappa shape index (κ3) is 1.95. The summed E-state index contributed by atoms with van der Waals surface area (Å²) in [4.78, 5) is 1.32. The second kappa shape index (κ2) is 3.78. The van der Waals surface area contributed by atoms with Crippen molar-refractivity contribution in [2.75, 3.05) is 5.73 Å². The van der Waals surface area contributed by atoms with E-state index < -0.39 is 0 Å². The summed E-state index contributed by atoms with van der Waals surface area (Å²) in [6, 6.07) is 6.12. The predicted molar refractivity (Wildman–Crippen MR) is 69.0 cm³/mol. The van der Waals surface area contributed by atoms with Crippen LogP contribution >= 0.6 is 11.8 Å².